The highest BCUT2D eigenvalue weighted by Crippen LogP contribution is 2.14. The number of carbonyl (C=O) groups excluding carboxylic acids is 1. The average Bonchev–Trinajstić information content (AvgIpc) is 2.60. The van der Waals surface area contributed by atoms with Gasteiger partial charge in [0.05, 0.1) is 6.04 Å². The van der Waals surface area contributed by atoms with Crippen molar-refractivity contribution in [1.82, 2.24) is 5.32 Å². The molecule has 0 heterocycles. The monoisotopic (exact) mass is 309 g/mol. The third-order valence-corrected chi connectivity index (χ3v) is 4.34. The van der Waals surface area contributed by atoms with Gasteiger partial charge in [-0.15, -0.1) is 0 Å². The summed E-state index contributed by atoms with van der Waals surface area (Å²) >= 11 is 0. The van der Waals surface area contributed by atoms with Crippen LogP contribution >= 0.6 is 0 Å². The van der Waals surface area contributed by atoms with Gasteiger partial charge >= 0.3 is 0 Å². The van der Waals surface area contributed by atoms with Crippen LogP contribution in [0.5, 0.6) is 0 Å². The van der Waals surface area contributed by atoms with Crippen molar-refractivity contribution in [2.24, 2.45) is 0 Å². The van der Waals surface area contributed by atoms with Crippen LogP contribution in [0.3, 0.4) is 0 Å². The van der Waals surface area contributed by atoms with Gasteiger partial charge in [-0.3, -0.25) is 4.79 Å². The first-order valence-electron chi connectivity index (χ1n) is 8.58. The summed E-state index contributed by atoms with van der Waals surface area (Å²) in [6.07, 6.45) is 3.41. The first-order chi connectivity index (χ1) is 11.1. The molecule has 2 aromatic carbocycles. The van der Waals surface area contributed by atoms with Crippen molar-refractivity contribution in [3.8, 4) is 0 Å². The molecule has 1 amide bonds. The summed E-state index contributed by atoms with van der Waals surface area (Å²) in [6.45, 7) is 6.33. The lowest BCUT2D eigenvalue weighted by Gasteiger charge is -2.15. The number of benzene rings is 2. The zero-order chi connectivity index (χ0) is 16.7. The Balaban J connectivity index is 1.83. The second-order valence-electron chi connectivity index (χ2n) is 6.05. The average molecular weight is 309 g/mol. The maximum absolute atomic E-state index is 12.1. The topological polar surface area (TPSA) is 29.1 Å². The van der Waals surface area contributed by atoms with Gasteiger partial charge < -0.3 is 5.32 Å². The molecular formula is C21H27NO. The Morgan fingerprint density at radius 1 is 0.870 bits per heavy atom. The zero-order valence-electron chi connectivity index (χ0n) is 14.4. The van der Waals surface area contributed by atoms with Crippen LogP contribution < -0.4 is 5.32 Å². The normalized spacial score (nSPS) is 12.0. The molecule has 0 fully saturated rings. The van der Waals surface area contributed by atoms with Crippen LogP contribution in [0.15, 0.2) is 48.5 Å². The van der Waals surface area contributed by atoms with E-state index in [-0.39, 0.29) is 11.9 Å². The largest absolute Gasteiger partial charge is 0.350 e. The number of hydrogen-bond donors (Lipinski definition) is 1. The molecule has 0 aliphatic heterocycles. The lowest BCUT2D eigenvalue weighted by molar-refractivity contribution is -0.121. The predicted molar refractivity (Wildman–Crippen MR) is 96.5 cm³/mol. The van der Waals surface area contributed by atoms with Gasteiger partial charge in [-0.05, 0) is 48.4 Å². The lowest BCUT2D eigenvalue weighted by Crippen LogP contribution is -2.26. The van der Waals surface area contributed by atoms with E-state index < -0.39 is 0 Å². The second kappa shape index (κ2) is 8.52. The fourth-order valence-corrected chi connectivity index (χ4v) is 2.64. The van der Waals surface area contributed by atoms with Crippen molar-refractivity contribution in [2.75, 3.05) is 0 Å². The molecule has 0 aromatic heterocycles. The van der Waals surface area contributed by atoms with Crippen LogP contribution in [-0.4, -0.2) is 5.91 Å². The molecule has 0 saturated carbocycles. The van der Waals surface area contributed by atoms with Crippen LogP contribution in [0, 0.1) is 0 Å². The Labute approximate surface area is 139 Å². The molecule has 0 aliphatic carbocycles. The first-order valence-corrected chi connectivity index (χ1v) is 8.58. The Kier molecular flexibility index (Phi) is 6.40. The summed E-state index contributed by atoms with van der Waals surface area (Å²) in [5, 5.41) is 3.09. The molecule has 0 radical (unpaired) electrons. The maximum atomic E-state index is 12.1. The van der Waals surface area contributed by atoms with E-state index in [9.17, 15) is 4.79 Å². The summed E-state index contributed by atoms with van der Waals surface area (Å²) < 4.78 is 0. The Morgan fingerprint density at radius 2 is 1.35 bits per heavy atom. The van der Waals surface area contributed by atoms with Crippen LogP contribution in [0.4, 0.5) is 0 Å². The minimum atomic E-state index is 0.0517. The molecule has 0 aliphatic rings. The maximum Gasteiger partial charge on any atom is 0.220 e. The van der Waals surface area contributed by atoms with E-state index in [1.54, 1.807) is 0 Å². The van der Waals surface area contributed by atoms with Crippen molar-refractivity contribution in [3.63, 3.8) is 0 Å². The minimum absolute atomic E-state index is 0.0517. The standard InChI is InChI=1S/C21H27NO/c1-4-17-6-8-19(9-7-17)12-15-21(23)22-16(3)20-13-10-18(5-2)11-14-20/h6-11,13-14,16H,4-5,12,15H2,1-3H3,(H,22,23). The van der Waals surface area contributed by atoms with E-state index >= 15 is 0 Å². The van der Waals surface area contributed by atoms with Gasteiger partial charge in [-0.2, -0.15) is 0 Å². The molecule has 1 unspecified atom stereocenters. The van der Waals surface area contributed by atoms with E-state index in [1.165, 1.54) is 16.7 Å². The summed E-state index contributed by atoms with van der Waals surface area (Å²) in [4.78, 5) is 12.1. The molecule has 2 aromatic rings. The Morgan fingerprint density at radius 3 is 1.87 bits per heavy atom. The van der Waals surface area contributed by atoms with Crippen molar-refractivity contribution in [3.05, 3.63) is 70.8 Å². The summed E-state index contributed by atoms with van der Waals surface area (Å²) in [7, 11) is 0. The number of rotatable bonds is 7. The molecule has 122 valence electrons. The molecule has 0 saturated heterocycles. The quantitative estimate of drug-likeness (QED) is 0.794. The van der Waals surface area contributed by atoms with Crippen LogP contribution in [-0.2, 0) is 24.1 Å². The van der Waals surface area contributed by atoms with Gasteiger partial charge in [-0.1, -0.05) is 62.4 Å². The number of nitrogens with one attached hydrogen (secondary N) is 1. The summed E-state index contributed by atoms with van der Waals surface area (Å²) in [5.74, 6) is 0.108. The van der Waals surface area contributed by atoms with E-state index in [1.807, 2.05) is 6.92 Å². The number of aryl methyl sites for hydroxylation is 3. The molecular weight excluding hydrogens is 282 g/mol. The molecule has 2 nitrogen and oxygen atoms in total. The van der Waals surface area contributed by atoms with Crippen LogP contribution in [0.1, 0.15) is 55.5 Å². The molecule has 0 spiro atoms. The van der Waals surface area contributed by atoms with Gasteiger partial charge in [0.25, 0.3) is 0 Å². The smallest absolute Gasteiger partial charge is 0.220 e. The van der Waals surface area contributed by atoms with E-state index in [2.05, 4.69) is 67.7 Å². The highest BCUT2D eigenvalue weighted by atomic mass is 16.1. The third-order valence-electron chi connectivity index (χ3n) is 4.34. The third kappa shape index (κ3) is 5.24. The Hall–Kier alpha value is -2.09. The van der Waals surface area contributed by atoms with Crippen molar-refractivity contribution < 1.29 is 4.79 Å². The van der Waals surface area contributed by atoms with Crippen molar-refractivity contribution in [1.29, 1.82) is 0 Å². The summed E-state index contributed by atoms with van der Waals surface area (Å²) in [6, 6.07) is 17.1. The molecule has 1 N–H and O–H groups in total. The van der Waals surface area contributed by atoms with E-state index in [0.717, 1.165) is 24.8 Å². The molecule has 2 rings (SSSR count). The zero-order valence-corrected chi connectivity index (χ0v) is 14.4. The molecule has 0 bridgehead atoms. The second-order valence-corrected chi connectivity index (χ2v) is 6.05. The summed E-state index contributed by atoms with van der Waals surface area (Å²) in [5.41, 5.74) is 5.03. The number of amides is 1. The number of carbonyl (C=O) groups is 1. The number of hydrogen-bond acceptors (Lipinski definition) is 1. The van der Waals surface area contributed by atoms with Gasteiger partial charge in [0.15, 0.2) is 0 Å². The molecule has 2 heteroatoms. The van der Waals surface area contributed by atoms with E-state index in [0.29, 0.717) is 6.42 Å². The minimum Gasteiger partial charge on any atom is -0.350 e. The van der Waals surface area contributed by atoms with Crippen LogP contribution in [0.25, 0.3) is 0 Å². The predicted octanol–water partition coefficient (Wildman–Crippen LogP) is 4.62. The van der Waals surface area contributed by atoms with Gasteiger partial charge in [-0.25, -0.2) is 0 Å². The van der Waals surface area contributed by atoms with Crippen molar-refractivity contribution >= 4 is 5.91 Å². The molecule has 23 heavy (non-hydrogen) atoms. The van der Waals surface area contributed by atoms with Crippen LogP contribution in [0.2, 0.25) is 0 Å². The SMILES string of the molecule is CCc1ccc(CCC(=O)NC(C)c2ccc(CC)cc2)cc1. The molecule has 1 atom stereocenters. The van der Waals surface area contributed by atoms with Gasteiger partial charge in [0, 0.05) is 6.42 Å². The van der Waals surface area contributed by atoms with Gasteiger partial charge in [0.1, 0.15) is 0 Å². The van der Waals surface area contributed by atoms with Gasteiger partial charge in [0.2, 0.25) is 5.91 Å². The fourth-order valence-electron chi connectivity index (χ4n) is 2.64. The van der Waals surface area contributed by atoms with E-state index in [4.69, 9.17) is 0 Å². The highest BCUT2D eigenvalue weighted by Gasteiger charge is 2.09. The first kappa shape index (κ1) is 17.3. The fraction of sp³-hybridized carbons (Fsp3) is 0.381. The lowest BCUT2D eigenvalue weighted by atomic mass is 10.0. The van der Waals surface area contributed by atoms with Crippen molar-refractivity contribution in [2.45, 2.75) is 52.5 Å². The highest BCUT2D eigenvalue weighted by molar-refractivity contribution is 5.76. The Bertz CT molecular complexity index is 613.